The molecule has 4 aliphatic rings. The number of hydrogen-bond donors (Lipinski definition) is 1. The average molecular weight is 370 g/mol. The summed E-state index contributed by atoms with van der Waals surface area (Å²) in [5, 5.41) is 4.49. The number of pyridine rings is 1. The van der Waals surface area contributed by atoms with E-state index in [0.29, 0.717) is 15.9 Å². The number of nitrogens with one attached hydrogen (secondary N) is 1. The summed E-state index contributed by atoms with van der Waals surface area (Å²) in [7, 11) is 0. The Hall–Kier alpha value is -0.280. The lowest BCUT2D eigenvalue weighted by Gasteiger charge is -2.65. The number of nitrogens with zero attached hydrogens (tertiary/aromatic N) is 1. The van der Waals surface area contributed by atoms with Crippen molar-refractivity contribution in [2.75, 3.05) is 5.32 Å². The van der Waals surface area contributed by atoms with E-state index in [0.717, 1.165) is 16.2 Å². The molecule has 0 aliphatic heterocycles. The smallest absolute Gasteiger partial charge is 0.140 e. The Balaban J connectivity index is 1.68. The van der Waals surface area contributed by atoms with Gasteiger partial charge in [0.15, 0.2) is 0 Å². The van der Waals surface area contributed by atoms with E-state index in [1.54, 1.807) is 6.20 Å². The Morgan fingerprint density at radius 2 is 1.86 bits per heavy atom. The topological polar surface area (TPSA) is 24.9 Å². The molecule has 0 saturated heterocycles. The molecule has 4 bridgehead atoms. The second kappa shape index (κ2) is 4.38. The molecule has 4 aliphatic carbocycles. The third kappa shape index (κ3) is 2.41. The lowest BCUT2D eigenvalue weighted by Crippen LogP contribution is -2.61. The largest absolute Gasteiger partial charge is 0.364 e. The van der Waals surface area contributed by atoms with E-state index in [-0.39, 0.29) is 5.54 Å². The highest BCUT2D eigenvalue weighted by Gasteiger charge is 2.60. The minimum atomic E-state index is 0.228. The number of rotatable bonds is 2. The molecule has 0 spiro atoms. The van der Waals surface area contributed by atoms with E-state index in [2.05, 4.69) is 40.1 Å². The van der Waals surface area contributed by atoms with Crippen molar-refractivity contribution in [3.8, 4) is 0 Å². The fraction of sp³-hybridized carbons (Fsp3) is 0.706. The van der Waals surface area contributed by atoms with Gasteiger partial charge in [-0.05, 0) is 77.3 Å². The molecular weight excluding hydrogens is 348 g/mol. The summed E-state index contributed by atoms with van der Waals surface area (Å²) in [4.78, 5) is 4.51. The Bertz CT molecular complexity index is 584. The molecule has 0 aromatic carbocycles. The van der Waals surface area contributed by atoms with E-state index in [1.807, 2.05) is 6.07 Å². The van der Waals surface area contributed by atoms with Crippen molar-refractivity contribution >= 4 is 33.3 Å². The van der Waals surface area contributed by atoms with Crippen LogP contribution in [0.25, 0.3) is 0 Å². The van der Waals surface area contributed by atoms with Gasteiger partial charge in [0.1, 0.15) is 5.82 Å². The molecule has 1 heterocycles. The van der Waals surface area contributed by atoms with Crippen molar-refractivity contribution in [3.63, 3.8) is 0 Å². The highest BCUT2D eigenvalue weighted by molar-refractivity contribution is 9.10. The van der Waals surface area contributed by atoms with Gasteiger partial charge in [0.05, 0.1) is 9.50 Å². The van der Waals surface area contributed by atoms with Gasteiger partial charge in [-0.2, -0.15) is 0 Å². The molecule has 2 atom stereocenters. The number of aromatic nitrogens is 1. The van der Waals surface area contributed by atoms with Gasteiger partial charge in [-0.1, -0.05) is 25.4 Å². The lowest BCUT2D eigenvalue weighted by molar-refractivity contribution is -0.0974. The zero-order chi connectivity index (χ0) is 14.9. The van der Waals surface area contributed by atoms with Crippen LogP contribution in [0, 0.1) is 16.7 Å². The molecule has 1 aromatic rings. The number of hydrogen-bond acceptors (Lipinski definition) is 2. The highest BCUT2D eigenvalue weighted by Crippen LogP contribution is 2.66. The van der Waals surface area contributed by atoms with Gasteiger partial charge in [-0.3, -0.25) is 0 Å². The first-order chi connectivity index (χ1) is 9.79. The minimum absolute atomic E-state index is 0.228. The highest BCUT2D eigenvalue weighted by atomic mass is 79.9. The van der Waals surface area contributed by atoms with E-state index < -0.39 is 0 Å². The third-order valence-corrected chi connectivity index (χ3v) is 6.63. The van der Waals surface area contributed by atoms with Gasteiger partial charge in [0.25, 0.3) is 0 Å². The van der Waals surface area contributed by atoms with Crippen molar-refractivity contribution in [1.82, 2.24) is 4.98 Å². The zero-order valence-electron chi connectivity index (χ0n) is 12.7. The molecule has 21 heavy (non-hydrogen) atoms. The predicted octanol–water partition coefficient (Wildman–Crippen LogP) is 5.66. The molecule has 0 amide bonds. The fourth-order valence-electron chi connectivity index (χ4n) is 6.34. The first-order valence-corrected chi connectivity index (χ1v) is 9.05. The maximum atomic E-state index is 6.02. The van der Waals surface area contributed by atoms with E-state index in [4.69, 9.17) is 11.6 Å². The second-order valence-electron chi connectivity index (χ2n) is 8.52. The molecule has 1 N–H and O–H groups in total. The summed E-state index contributed by atoms with van der Waals surface area (Å²) >= 11 is 9.62. The molecule has 4 saturated carbocycles. The van der Waals surface area contributed by atoms with Crippen molar-refractivity contribution in [3.05, 3.63) is 21.8 Å². The van der Waals surface area contributed by atoms with Crippen molar-refractivity contribution < 1.29 is 0 Å². The van der Waals surface area contributed by atoms with Gasteiger partial charge < -0.3 is 5.32 Å². The van der Waals surface area contributed by atoms with Crippen molar-refractivity contribution in [1.29, 1.82) is 0 Å². The van der Waals surface area contributed by atoms with Gasteiger partial charge in [0, 0.05) is 11.7 Å². The Morgan fingerprint density at radius 1 is 1.19 bits per heavy atom. The fourth-order valence-corrected chi connectivity index (χ4v) is 7.08. The minimum Gasteiger partial charge on any atom is -0.364 e. The van der Waals surface area contributed by atoms with Crippen LogP contribution in [0.3, 0.4) is 0 Å². The summed E-state index contributed by atoms with van der Waals surface area (Å²) < 4.78 is 0.973. The first-order valence-electron chi connectivity index (χ1n) is 7.88. The van der Waals surface area contributed by atoms with Crippen LogP contribution in [0.2, 0.25) is 5.02 Å². The van der Waals surface area contributed by atoms with E-state index in [9.17, 15) is 0 Å². The predicted molar refractivity (Wildman–Crippen MR) is 90.7 cm³/mol. The lowest BCUT2D eigenvalue weighted by atomic mass is 9.43. The van der Waals surface area contributed by atoms with Crippen LogP contribution in [0.15, 0.2) is 16.7 Å². The molecule has 4 fully saturated rings. The molecule has 1 aromatic heterocycles. The molecule has 114 valence electrons. The Morgan fingerprint density at radius 3 is 2.43 bits per heavy atom. The maximum absolute atomic E-state index is 6.02. The SMILES string of the molecule is CC12CC3CC(C)(C1)CC(Nc1ncc(Cl)cc1Br)(C3)C2. The number of anilines is 1. The molecule has 2 unspecified atom stereocenters. The molecule has 5 rings (SSSR count). The second-order valence-corrected chi connectivity index (χ2v) is 9.81. The molecule has 4 heteroatoms. The van der Waals surface area contributed by atoms with Crippen LogP contribution in [0.1, 0.15) is 52.4 Å². The van der Waals surface area contributed by atoms with Crippen LogP contribution < -0.4 is 5.32 Å². The molecule has 2 nitrogen and oxygen atoms in total. The van der Waals surface area contributed by atoms with Gasteiger partial charge >= 0.3 is 0 Å². The monoisotopic (exact) mass is 368 g/mol. The Labute approximate surface area is 140 Å². The van der Waals surface area contributed by atoms with Gasteiger partial charge in [-0.25, -0.2) is 4.98 Å². The maximum Gasteiger partial charge on any atom is 0.140 e. The standard InChI is InChI=1S/C17H22BrClN2/c1-15-4-11-5-16(2,8-15)10-17(6-11,9-15)21-14-13(18)3-12(19)7-20-14/h3,7,11H,4-6,8-10H2,1-2H3,(H,20,21). The molecular formula is C17H22BrClN2. The number of halogens is 2. The van der Waals surface area contributed by atoms with E-state index in [1.165, 1.54) is 38.5 Å². The summed E-state index contributed by atoms with van der Waals surface area (Å²) in [6, 6.07) is 1.93. The average Bonchev–Trinajstić information content (AvgIpc) is 2.28. The van der Waals surface area contributed by atoms with Crippen molar-refractivity contribution in [2.45, 2.75) is 57.9 Å². The van der Waals surface area contributed by atoms with Crippen LogP contribution in [-0.2, 0) is 0 Å². The Kier molecular flexibility index (Phi) is 2.99. The zero-order valence-corrected chi connectivity index (χ0v) is 15.0. The van der Waals surface area contributed by atoms with E-state index >= 15 is 0 Å². The van der Waals surface area contributed by atoms with Crippen LogP contribution >= 0.6 is 27.5 Å². The summed E-state index contributed by atoms with van der Waals surface area (Å²) in [5.41, 5.74) is 1.26. The van der Waals surface area contributed by atoms with Crippen LogP contribution in [0.5, 0.6) is 0 Å². The summed E-state index contributed by atoms with van der Waals surface area (Å²) in [5.74, 6) is 1.84. The summed E-state index contributed by atoms with van der Waals surface area (Å²) in [6.07, 6.45) is 9.83. The van der Waals surface area contributed by atoms with Gasteiger partial charge in [0.2, 0.25) is 0 Å². The third-order valence-electron chi connectivity index (χ3n) is 5.82. The van der Waals surface area contributed by atoms with Crippen LogP contribution in [-0.4, -0.2) is 10.5 Å². The molecule has 0 radical (unpaired) electrons. The van der Waals surface area contributed by atoms with Crippen molar-refractivity contribution in [2.24, 2.45) is 16.7 Å². The van der Waals surface area contributed by atoms with Crippen LogP contribution in [0.4, 0.5) is 5.82 Å². The summed E-state index contributed by atoms with van der Waals surface area (Å²) in [6.45, 7) is 4.99. The normalized spacial score (nSPS) is 44.1. The van der Waals surface area contributed by atoms with Gasteiger partial charge in [-0.15, -0.1) is 0 Å². The quantitative estimate of drug-likeness (QED) is 0.727. The first kappa shape index (κ1) is 14.3.